The zero-order valence-electron chi connectivity index (χ0n) is 13.3. The van der Waals surface area contributed by atoms with Crippen molar-refractivity contribution in [3.05, 3.63) is 22.2 Å². The minimum Gasteiger partial charge on any atom is -0.363 e. The van der Waals surface area contributed by atoms with Crippen molar-refractivity contribution >= 4 is 28.3 Å². The maximum absolute atomic E-state index is 11.9. The van der Waals surface area contributed by atoms with Gasteiger partial charge in [-0.05, 0) is 28.7 Å². The van der Waals surface area contributed by atoms with Crippen LogP contribution in [0.25, 0.3) is 11.0 Å². The first-order chi connectivity index (χ1) is 10.9. The van der Waals surface area contributed by atoms with Gasteiger partial charge in [-0.25, -0.2) is 4.63 Å². The Labute approximate surface area is 132 Å². The van der Waals surface area contributed by atoms with Crippen molar-refractivity contribution in [2.75, 3.05) is 25.0 Å². The molecule has 1 aromatic heterocycles. The van der Waals surface area contributed by atoms with Crippen molar-refractivity contribution in [3.8, 4) is 0 Å². The Bertz CT molecular complexity index is 712. The number of aromatic nitrogens is 2. The molecule has 0 spiro atoms. The lowest BCUT2D eigenvalue weighted by molar-refractivity contribution is -0.383. The van der Waals surface area contributed by atoms with Gasteiger partial charge >= 0.3 is 5.69 Å². The maximum Gasteiger partial charge on any atom is 0.300 e. The number of benzene rings is 1. The molecule has 0 atom stereocenters. The predicted molar refractivity (Wildman–Crippen MR) is 84.2 cm³/mol. The first kappa shape index (κ1) is 16.7. The van der Waals surface area contributed by atoms with Gasteiger partial charge in [-0.15, -0.1) is 0 Å². The van der Waals surface area contributed by atoms with E-state index in [1.807, 2.05) is 0 Å². The van der Waals surface area contributed by atoms with Crippen molar-refractivity contribution < 1.29 is 14.3 Å². The quantitative estimate of drug-likeness (QED) is 0.610. The molecule has 0 fully saturated rings. The fourth-order valence-electron chi connectivity index (χ4n) is 2.15. The number of hydrogen-bond donors (Lipinski definition) is 1. The summed E-state index contributed by atoms with van der Waals surface area (Å²) < 4.78 is 4.61. The summed E-state index contributed by atoms with van der Waals surface area (Å²) in [5, 5.41) is 21.1. The third-order valence-electron chi connectivity index (χ3n) is 3.41. The molecule has 1 amide bonds. The molecule has 0 aliphatic carbocycles. The van der Waals surface area contributed by atoms with E-state index in [0.29, 0.717) is 18.2 Å². The van der Waals surface area contributed by atoms with Crippen molar-refractivity contribution in [2.24, 2.45) is 5.92 Å². The topological polar surface area (TPSA) is 114 Å². The lowest BCUT2D eigenvalue weighted by atomic mass is 10.1. The lowest BCUT2D eigenvalue weighted by Crippen LogP contribution is -2.36. The fourth-order valence-corrected chi connectivity index (χ4v) is 2.15. The number of nitrogens with one attached hydrogen (secondary N) is 1. The van der Waals surface area contributed by atoms with E-state index < -0.39 is 4.92 Å². The molecule has 23 heavy (non-hydrogen) atoms. The van der Waals surface area contributed by atoms with Crippen LogP contribution in [0.15, 0.2) is 16.8 Å². The number of likely N-dealkylation sites (N-methyl/N-ethyl adjacent to an activating group) is 1. The highest BCUT2D eigenvalue weighted by atomic mass is 16.6. The zero-order valence-corrected chi connectivity index (χ0v) is 13.3. The predicted octanol–water partition coefficient (Wildman–Crippen LogP) is 1.73. The molecule has 1 aromatic carbocycles. The lowest BCUT2D eigenvalue weighted by Gasteiger charge is -2.18. The van der Waals surface area contributed by atoms with Crippen LogP contribution < -0.4 is 10.2 Å². The summed E-state index contributed by atoms with van der Waals surface area (Å²) in [4.78, 5) is 24.0. The molecule has 0 unspecified atom stereocenters. The number of nitrogens with zero attached hydrogens (tertiary/aromatic N) is 4. The third-order valence-corrected chi connectivity index (χ3v) is 3.41. The molecule has 0 radical (unpaired) electrons. The van der Waals surface area contributed by atoms with Crippen LogP contribution >= 0.6 is 0 Å². The number of rotatable bonds is 7. The van der Waals surface area contributed by atoms with Crippen molar-refractivity contribution in [1.29, 1.82) is 0 Å². The van der Waals surface area contributed by atoms with Crippen LogP contribution in [0.2, 0.25) is 0 Å². The zero-order chi connectivity index (χ0) is 17.0. The molecule has 2 rings (SSSR count). The van der Waals surface area contributed by atoms with Gasteiger partial charge < -0.3 is 10.2 Å². The standard InChI is InChI=1S/C14H19N5O4/c1-9(2)6-7-15-12(20)8-18(3)10-4-5-11(19(21)22)14-13(10)16-23-17-14/h4-5,9H,6-8H2,1-3H3,(H,15,20). The normalized spacial score (nSPS) is 11.0. The molecule has 0 saturated heterocycles. The van der Waals surface area contributed by atoms with E-state index in [0.717, 1.165) is 6.42 Å². The van der Waals surface area contributed by atoms with Crippen LogP contribution in [-0.4, -0.2) is 41.3 Å². The Morgan fingerprint density at radius 2 is 2.09 bits per heavy atom. The fraction of sp³-hybridized carbons (Fsp3) is 0.500. The monoisotopic (exact) mass is 321 g/mol. The summed E-state index contributed by atoms with van der Waals surface area (Å²) in [7, 11) is 1.71. The highest BCUT2D eigenvalue weighted by Crippen LogP contribution is 2.30. The Morgan fingerprint density at radius 1 is 1.39 bits per heavy atom. The number of hydrogen-bond acceptors (Lipinski definition) is 7. The van der Waals surface area contributed by atoms with Crippen molar-refractivity contribution in [2.45, 2.75) is 20.3 Å². The number of carbonyl (C=O) groups excluding carboxylic acids is 1. The molecule has 0 aliphatic heterocycles. The number of anilines is 1. The van der Waals surface area contributed by atoms with Crippen molar-refractivity contribution in [3.63, 3.8) is 0 Å². The molecule has 2 aromatic rings. The smallest absolute Gasteiger partial charge is 0.300 e. The number of nitro benzene ring substituents is 1. The molecular weight excluding hydrogens is 302 g/mol. The Balaban J connectivity index is 2.11. The van der Waals surface area contributed by atoms with E-state index in [4.69, 9.17) is 0 Å². The molecule has 0 saturated carbocycles. The Kier molecular flexibility index (Phi) is 5.09. The van der Waals surface area contributed by atoms with Crippen molar-refractivity contribution in [1.82, 2.24) is 15.6 Å². The Morgan fingerprint density at radius 3 is 2.74 bits per heavy atom. The summed E-state index contributed by atoms with van der Waals surface area (Å²) >= 11 is 0. The molecule has 0 aliphatic rings. The van der Waals surface area contributed by atoms with Gasteiger partial charge in [0.05, 0.1) is 17.2 Å². The van der Waals surface area contributed by atoms with Gasteiger partial charge in [-0.3, -0.25) is 14.9 Å². The van der Waals surface area contributed by atoms with Crippen LogP contribution in [0, 0.1) is 16.0 Å². The van der Waals surface area contributed by atoms with E-state index in [2.05, 4.69) is 34.1 Å². The van der Waals surface area contributed by atoms with Gasteiger partial charge in [0.2, 0.25) is 11.4 Å². The SMILES string of the molecule is CC(C)CCNC(=O)CN(C)c1ccc([N+](=O)[O-])c2nonc12. The first-order valence-electron chi connectivity index (χ1n) is 7.27. The summed E-state index contributed by atoms with van der Waals surface area (Å²) in [5.41, 5.74) is 0.696. The molecule has 1 N–H and O–H groups in total. The number of non-ortho nitro benzene ring substituents is 1. The Hall–Kier alpha value is -2.71. The van der Waals surface area contributed by atoms with Gasteiger partial charge in [-0.1, -0.05) is 13.8 Å². The summed E-state index contributed by atoms with van der Waals surface area (Å²) in [6, 6.07) is 2.86. The maximum atomic E-state index is 11.9. The molecule has 9 heteroatoms. The van der Waals surface area contributed by atoms with Crippen LogP contribution in [0.3, 0.4) is 0 Å². The average molecular weight is 321 g/mol. The van der Waals surface area contributed by atoms with Gasteiger partial charge in [0, 0.05) is 19.7 Å². The van der Waals surface area contributed by atoms with E-state index in [1.54, 1.807) is 11.9 Å². The number of carbonyl (C=O) groups is 1. The largest absolute Gasteiger partial charge is 0.363 e. The molecule has 124 valence electrons. The third kappa shape index (κ3) is 3.93. The van der Waals surface area contributed by atoms with Crippen LogP contribution in [-0.2, 0) is 4.79 Å². The van der Waals surface area contributed by atoms with Crippen LogP contribution in [0.5, 0.6) is 0 Å². The molecular formula is C14H19N5O4. The number of amides is 1. The second-order valence-corrected chi connectivity index (χ2v) is 5.71. The van der Waals surface area contributed by atoms with E-state index in [9.17, 15) is 14.9 Å². The van der Waals surface area contributed by atoms with Crippen LogP contribution in [0.1, 0.15) is 20.3 Å². The van der Waals surface area contributed by atoms with Gasteiger partial charge in [0.15, 0.2) is 5.52 Å². The van der Waals surface area contributed by atoms with Gasteiger partial charge in [0.1, 0.15) is 0 Å². The van der Waals surface area contributed by atoms with E-state index >= 15 is 0 Å². The highest BCUT2D eigenvalue weighted by Gasteiger charge is 2.21. The molecule has 9 nitrogen and oxygen atoms in total. The summed E-state index contributed by atoms with van der Waals surface area (Å²) in [5.74, 6) is 0.389. The number of fused-ring (bicyclic) bond motifs is 1. The van der Waals surface area contributed by atoms with Gasteiger partial charge in [-0.2, -0.15) is 0 Å². The second kappa shape index (κ2) is 7.03. The second-order valence-electron chi connectivity index (χ2n) is 5.71. The van der Waals surface area contributed by atoms with Crippen LogP contribution in [0.4, 0.5) is 11.4 Å². The average Bonchev–Trinajstić information content (AvgIpc) is 2.94. The summed E-state index contributed by atoms with van der Waals surface area (Å²) in [6.07, 6.45) is 0.907. The molecule has 0 bridgehead atoms. The first-order valence-corrected chi connectivity index (χ1v) is 7.27. The summed E-state index contributed by atoms with van der Waals surface area (Å²) in [6.45, 7) is 4.90. The van der Waals surface area contributed by atoms with E-state index in [-0.39, 0.29) is 29.2 Å². The minimum atomic E-state index is -0.547. The highest BCUT2D eigenvalue weighted by molar-refractivity contribution is 5.95. The number of nitro groups is 1. The minimum absolute atomic E-state index is 0.0690. The van der Waals surface area contributed by atoms with Gasteiger partial charge in [0.25, 0.3) is 0 Å². The molecule has 1 heterocycles. The van der Waals surface area contributed by atoms with E-state index in [1.165, 1.54) is 12.1 Å².